The number of esters is 1. The number of hydrogen-bond donors (Lipinski definition) is 3. The quantitative estimate of drug-likeness (QED) is 0.0614. The number of aliphatic imine (C=N–C) groups is 1. The van der Waals surface area contributed by atoms with Crippen molar-refractivity contribution in [3.8, 4) is 0 Å². The number of amides is 5. The van der Waals surface area contributed by atoms with Crippen LogP contribution in [0.5, 0.6) is 0 Å². The number of benzene rings is 3. The van der Waals surface area contributed by atoms with Gasteiger partial charge in [-0.1, -0.05) is 91.0 Å². The minimum Gasteiger partial charge on any atom is -0.460 e. The van der Waals surface area contributed by atoms with Crippen molar-refractivity contribution in [3.05, 3.63) is 108 Å². The number of hydrogen-bond acceptors (Lipinski definition) is 10. The summed E-state index contributed by atoms with van der Waals surface area (Å²) in [6.45, 7) is 0.718. The van der Waals surface area contributed by atoms with E-state index in [1.807, 2.05) is 18.2 Å². The summed E-state index contributed by atoms with van der Waals surface area (Å²) in [5, 5.41) is 7.22. The van der Waals surface area contributed by atoms with Crippen LogP contribution >= 0.6 is 0 Å². The average molecular weight is 672 g/mol. The third-order valence-electron chi connectivity index (χ3n) is 7.28. The number of imide groups is 1. The van der Waals surface area contributed by atoms with Crippen LogP contribution in [0.25, 0.3) is 0 Å². The van der Waals surface area contributed by atoms with E-state index < -0.39 is 54.4 Å². The Morgan fingerprint density at radius 1 is 0.714 bits per heavy atom. The molecule has 49 heavy (non-hydrogen) atoms. The number of guanidine groups is 1. The molecule has 3 aromatic carbocycles. The zero-order valence-corrected chi connectivity index (χ0v) is 26.8. The lowest BCUT2D eigenvalue weighted by molar-refractivity contribution is -0.170. The highest BCUT2D eigenvalue weighted by Crippen LogP contribution is 2.31. The molecule has 0 unspecified atom stereocenters. The highest BCUT2D eigenvalue weighted by Gasteiger charge is 2.52. The Balaban J connectivity index is 1.31. The first kappa shape index (κ1) is 35.8. The van der Waals surface area contributed by atoms with Crippen molar-refractivity contribution in [2.75, 3.05) is 13.1 Å². The second-order valence-electron chi connectivity index (χ2n) is 10.9. The molecule has 0 aromatic heterocycles. The van der Waals surface area contributed by atoms with Gasteiger partial charge in [0.05, 0.1) is 5.92 Å². The van der Waals surface area contributed by atoms with Crippen LogP contribution in [-0.2, 0) is 53.2 Å². The fourth-order valence-electron chi connectivity index (χ4n) is 4.86. The first-order chi connectivity index (χ1) is 23.7. The standard InChI is InChI=1S/C35H37N5O9/c1-24(41)40-30(31(43)37-20-29(42)47-21-25-12-5-2-6-13-25)28(32(40)44)18-11-19-36-33(38-34(45)48-22-26-14-7-3-8-15-26)39-35(46)49-23-27-16-9-4-10-17-27/h2-10,12-17,28,30H,11,18-23H2,1H3,(H,37,43)(H2,36,38,39,45,46)/t28-,30+/m1/s1. The van der Waals surface area contributed by atoms with Crippen LogP contribution in [0.2, 0.25) is 0 Å². The number of alkyl carbamates (subject to hydrolysis) is 2. The van der Waals surface area contributed by atoms with Crippen LogP contribution < -0.4 is 16.0 Å². The van der Waals surface area contributed by atoms with Crippen LogP contribution in [0.4, 0.5) is 9.59 Å². The van der Waals surface area contributed by atoms with Gasteiger partial charge in [-0.05, 0) is 29.5 Å². The van der Waals surface area contributed by atoms with Gasteiger partial charge in [-0.2, -0.15) is 0 Å². The van der Waals surface area contributed by atoms with Gasteiger partial charge in [-0.3, -0.25) is 39.7 Å². The van der Waals surface area contributed by atoms with Gasteiger partial charge < -0.3 is 19.5 Å². The van der Waals surface area contributed by atoms with Crippen molar-refractivity contribution in [2.45, 2.75) is 45.6 Å². The number of nitrogens with one attached hydrogen (secondary N) is 3. The van der Waals surface area contributed by atoms with E-state index in [0.29, 0.717) is 0 Å². The summed E-state index contributed by atoms with van der Waals surface area (Å²) in [7, 11) is 0. The molecule has 1 heterocycles. The van der Waals surface area contributed by atoms with Gasteiger partial charge in [0, 0.05) is 13.5 Å². The van der Waals surface area contributed by atoms with E-state index in [1.165, 1.54) is 6.92 Å². The summed E-state index contributed by atoms with van der Waals surface area (Å²) >= 11 is 0. The predicted molar refractivity (Wildman–Crippen MR) is 175 cm³/mol. The number of likely N-dealkylation sites (tertiary alicyclic amines) is 1. The zero-order valence-electron chi connectivity index (χ0n) is 26.8. The largest absolute Gasteiger partial charge is 0.460 e. The Kier molecular flexibility index (Phi) is 13.4. The van der Waals surface area contributed by atoms with E-state index in [4.69, 9.17) is 14.2 Å². The summed E-state index contributed by atoms with van der Waals surface area (Å²) in [5.74, 6) is -3.59. The first-order valence-electron chi connectivity index (χ1n) is 15.5. The Hall–Kier alpha value is -6.05. The SMILES string of the molecule is CC(=O)N1C(=O)[C@H](CCCN=C(NC(=O)OCc2ccccc2)NC(=O)OCc2ccccc2)[C@H]1C(=O)NCC(=O)OCc1ccccc1. The minimum absolute atomic E-state index is 0.0112. The molecule has 1 fully saturated rings. The second kappa shape index (κ2) is 18.3. The molecule has 3 aromatic rings. The Bertz CT molecular complexity index is 1580. The zero-order chi connectivity index (χ0) is 35.0. The molecule has 14 nitrogen and oxygen atoms in total. The summed E-state index contributed by atoms with van der Waals surface area (Å²) < 4.78 is 15.6. The number of β-lactam (4-membered cyclic amide) rings is 1. The van der Waals surface area contributed by atoms with Gasteiger partial charge in [-0.25, -0.2) is 9.59 Å². The highest BCUT2D eigenvalue weighted by atomic mass is 16.6. The van der Waals surface area contributed by atoms with Crippen LogP contribution in [0.15, 0.2) is 96.0 Å². The lowest BCUT2D eigenvalue weighted by atomic mass is 9.83. The summed E-state index contributed by atoms with van der Waals surface area (Å²) in [4.78, 5) is 80.1. The molecule has 5 amide bonds. The smallest absolute Gasteiger partial charge is 0.414 e. The maximum Gasteiger partial charge on any atom is 0.414 e. The van der Waals surface area contributed by atoms with E-state index >= 15 is 0 Å². The predicted octanol–water partition coefficient (Wildman–Crippen LogP) is 3.21. The normalized spacial score (nSPS) is 14.8. The van der Waals surface area contributed by atoms with Crippen molar-refractivity contribution >= 4 is 41.8 Å². The second-order valence-corrected chi connectivity index (χ2v) is 10.9. The van der Waals surface area contributed by atoms with Crippen molar-refractivity contribution in [1.82, 2.24) is 20.9 Å². The number of rotatable bonds is 13. The van der Waals surface area contributed by atoms with Crippen LogP contribution in [0.1, 0.15) is 36.5 Å². The monoisotopic (exact) mass is 671 g/mol. The van der Waals surface area contributed by atoms with Crippen LogP contribution in [0.3, 0.4) is 0 Å². The van der Waals surface area contributed by atoms with Gasteiger partial charge in [0.1, 0.15) is 32.4 Å². The molecule has 2 atom stereocenters. The van der Waals surface area contributed by atoms with Crippen LogP contribution in [0, 0.1) is 5.92 Å². The molecule has 0 spiro atoms. The molecular weight excluding hydrogens is 634 g/mol. The molecule has 0 radical (unpaired) electrons. The maximum atomic E-state index is 13.0. The number of ether oxygens (including phenoxy) is 3. The molecular formula is C35H37N5O9. The van der Waals surface area contributed by atoms with Crippen molar-refractivity contribution in [3.63, 3.8) is 0 Å². The molecule has 0 aliphatic carbocycles. The molecule has 0 bridgehead atoms. The van der Waals surface area contributed by atoms with Gasteiger partial charge in [0.2, 0.25) is 23.7 Å². The van der Waals surface area contributed by atoms with E-state index in [9.17, 15) is 28.8 Å². The number of carbonyl (C=O) groups excluding carboxylic acids is 6. The summed E-state index contributed by atoms with van der Waals surface area (Å²) in [6.07, 6.45) is -1.38. The minimum atomic E-state index is -1.12. The third-order valence-corrected chi connectivity index (χ3v) is 7.28. The lowest BCUT2D eigenvalue weighted by Gasteiger charge is -2.44. The fourth-order valence-corrected chi connectivity index (χ4v) is 4.86. The molecule has 256 valence electrons. The van der Waals surface area contributed by atoms with Gasteiger partial charge in [-0.15, -0.1) is 0 Å². The number of nitrogens with zero attached hydrogens (tertiary/aromatic N) is 2. The fraction of sp³-hybridized carbons (Fsp3) is 0.286. The molecule has 1 aliphatic rings. The topological polar surface area (TPSA) is 182 Å². The van der Waals surface area contributed by atoms with Gasteiger partial charge >= 0.3 is 18.2 Å². The van der Waals surface area contributed by atoms with Gasteiger partial charge in [0.25, 0.3) is 0 Å². The molecule has 1 saturated heterocycles. The lowest BCUT2D eigenvalue weighted by Crippen LogP contribution is -2.68. The molecule has 3 N–H and O–H groups in total. The van der Waals surface area contributed by atoms with E-state index in [1.54, 1.807) is 72.8 Å². The molecule has 4 rings (SSSR count). The van der Waals surface area contributed by atoms with E-state index in [2.05, 4.69) is 20.9 Å². The van der Waals surface area contributed by atoms with Crippen molar-refractivity contribution in [2.24, 2.45) is 10.9 Å². The Morgan fingerprint density at radius 3 is 1.65 bits per heavy atom. The van der Waals surface area contributed by atoms with E-state index in [0.717, 1.165) is 21.6 Å². The summed E-state index contributed by atoms with van der Waals surface area (Å²) in [5.41, 5.74) is 2.27. The molecule has 14 heteroatoms. The summed E-state index contributed by atoms with van der Waals surface area (Å²) in [6, 6.07) is 25.8. The Labute approximate surface area is 282 Å². The Morgan fingerprint density at radius 2 is 1.18 bits per heavy atom. The van der Waals surface area contributed by atoms with E-state index in [-0.39, 0.29) is 45.2 Å². The third kappa shape index (κ3) is 11.3. The average Bonchev–Trinajstić information content (AvgIpc) is 3.11. The highest BCUT2D eigenvalue weighted by molar-refractivity contribution is 6.09. The van der Waals surface area contributed by atoms with Crippen molar-refractivity contribution in [1.29, 1.82) is 0 Å². The number of carbonyl (C=O) groups is 6. The van der Waals surface area contributed by atoms with Crippen molar-refractivity contribution < 1.29 is 43.0 Å². The van der Waals surface area contributed by atoms with Crippen LogP contribution in [-0.4, -0.2) is 65.9 Å². The maximum absolute atomic E-state index is 13.0. The molecule has 0 saturated carbocycles. The van der Waals surface area contributed by atoms with Gasteiger partial charge in [0.15, 0.2) is 0 Å². The first-order valence-corrected chi connectivity index (χ1v) is 15.5. The molecule has 1 aliphatic heterocycles.